The minimum atomic E-state index is 0.403. The van der Waals surface area contributed by atoms with Crippen molar-refractivity contribution in [1.82, 2.24) is 9.55 Å². The first-order valence-electron chi connectivity index (χ1n) is 4.76. The van der Waals surface area contributed by atoms with Crippen LogP contribution < -0.4 is 0 Å². The molecule has 4 nitrogen and oxygen atoms in total. The van der Waals surface area contributed by atoms with Gasteiger partial charge >= 0.3 is 0 Å². The van der Waals surface area contributed by atoms with Crippen molar-refractivity contribution >= 4 is 6.29 Å². The summed E-state index contributed by atoms with van der Waals surface area (Å²) in [4.78, 5) is 14.9. The van der Waals surface area contributed by atoms with Gasteiger partial charge in [0.25, 0.3) is 0 Å². The van der Waals surface area contributed by atoms with Crippen molar-refractivity contribution in [2.75, 3.05) is 0 Å². The third-order valence-electron chi connectivity index (χ3n) is 2.21. The molecule has 0 radical (unpaired) electrons. The van der Waals surface area contributed by atoms with Crippen molar-refractivity contribution in [3.63, 3.8) is 0 Å². The Labute approximate surface area is 92.8 Å². The molecule has 0 atom stereocenters. The zero-order chi connectivity index (χ0) is 11.5. The van der Waals surface area contributed by atoms with Crippen LogP contribution in [0, 0.1) is 18.3 Å². The summed E-state index contributed by atoms with van der Waals surface area (Å²) in [5.41, 5.74) is 1.74. The molecule has 0 aliphatic carbocycles. The Bertz CT molecular complexity index is 578. The summed E-state index contributed by atoms with van der Waals surface area (Å²) in [6, 6.07) is 9.10. The van der Waals surface area contributed by atoms with Crippen molar-refractivity contribution in [1.29, 1.82) is 5.26 Å². The molecule has 2 aromatic rings. The maximum absolute atomic E-state index is 10.6. The maximum atomic E-state index is 10.6. The van der Waals surface area contributed by atoms with Crippen LogP contribution >= 0.6 is 0 Å². The van der Waals surface area contributed by atoms with E-state index < -0.39 is 0 Å². The van der Waals surface area contributed by atoms with E-state index in [-0.39, 0.29) is 0 Å². The molecule has 0 aromatic carbocycles. The number of aldehydes is 1. The van der Waals surface area contributed by atoms with Gasteiger partial charge in [0.1, 0.15) is 17.6 Å². The molecule has 78 valence electrons. The van der Waals surface area contributed by atoms with E-state index in [4.69, 9.17) is 5.26 Å². The topological polar surface area (TPSA) is 58.7 Å². The van der Waals surface area contributed by atoms with E-state index >= 15 is 0 Å². The highest BCUT2D eigenvalue weighted by Gasteiger charge is 2.07. The van der Waals surface area contributed by atoms with Crippen molar-refractivity contribution < 1.29 is 4.79 Å². The van der Waals surface area contributed by atoms with Crippen LogP contribution in [-0.4, -0.2) is 15.8 Å². The summed E-state index contributed by atoms with van der Waals surface area (Å²) in [5, 5.41) is 8.94. The van der Waals surface area contributed by atoms with Gasteiger partial charge < -0.3 is 0 Å². The van der Waals surface area contributed by atoms with Crippen molar-refractivity contribution in [3.8, 4) is 11.9 Å². The lowest BCUT2D eigenvalue weighted by Crippen LogP contribution is -1.99. The SMILES string of the molecule is Cc1cccc(-n2cc(C=O)cc2C#N)n1. The molecular formula is C12H9N3O. The fourth-order valence-electron chi connectivity index (χ4n) is 1.49. The third kappa shape index (κ3) is 1.71. The second-order valence-corrected chi connectivity index (χ2v) is 3.40. The molecule has 0 saturated carbocycles. The lowest BCUT2D eigenvalue weighted by atomic mass is 10.3. The summed E-state index contributed by atoms with van der Waals surface area (Å²) >= 11 is 0. The van der Waals surface area contributed by atoms with Crippen LogP contribution in [0.2, 0.25) is 0 Å². The highest BCUT2D eigenvalue weighted by atomic mass is 16.1. The van der Waals surface area contributed by atoms with Gasteiger partial charge in [0, 0.05) is 17.5 Å². The average molecular weight is 211 g/mol. The molecule has 0 N–H and O–H groups in total. The zero-order valence-corrected chi connectivity index (χ0v) is 8.71. The molecule has 4 heteroatoms. The highest BCUT2D eigenvalue weighted by Crippen LogP contribution is 2.12. The van der Waals surface area contributed by atoms with Crippen LogP contribution in [0.15, 0.2) is 30.5 Å². The lowest BCUT2D eigenvalue weighted by molar-refractivity contribution is 0.112. The van der Waals surface area contributed by atoms with Gasteiger partial charge in [-0.1, -0.05) is 6.07 Å². The molecule has 2 heterocycles. The molecular weight excluding hydrogens is 202 g/mol. The lowest BCUT2D eigenvalue weighted by Gasteiger charge is -2.03. The Hall–Kier alpha value is -2.41. The van der Waals surface area contributed by atoms with Crippen molar-refractivity contribution in [3.05, 3.63) is 47.4 Å². The number of hydrogen-bond donors (Lipinski definition) is 0. The fourth-order valence-corrected chi connectivity index (χ4v) is 1.49. The van der Waals surface area contributed by atoms with Crippen LogP contribution in [0.25, 0.3) is 5.82 Å². The Morgan fingerprint density at radius 3 is 2.94 bits per heavy atom. The predicted molar refractivity (Wildman–Crippen MR) is 58.4 cm³/mol. The number of nitriles is 1. The summed E-state index contributed by atoms with van der Waals surface area (Å²) < 4.78 is 1.61. The van der Waals surface area contributed by atoms with E-state index in [9.17, 15) is 4.79 Å². The molecule has 0 aliphatic heterocycles. The number of aryl methyl sites for hydroxylation is 1. The molecule has 2 aromatic heterocycles. The van der Waals surface area contributed by atoms with E-state index in [2.05, 4.69) is 4.98 Å². The molecule has 2 rings (SSSR count). The molecule has 0 saturated heterocycles. The van der Waals surface area contributed by atoms with E-state index in [1.54, 1.807) is 16.8 Å². The minimum Gasteiger partial charge on any atom is -0.298 e. The van der Waals surface area contributed by atoms with Gasteiger partial charge in [0.05, 0.1) is 0 Å². The first-order chi connectivity index (χ1) is 7.74. The average Bonchev–Trinajstić information content (AvgIpc) is 2.72. The van der Waals surface area contributed by atoms with Crippen LogP contribution in [0.1, 0.15) is 21.7 Å². The van der Waals surface area contributed by atoms with Gasteiger partial charge in [-0.15, -0.1) is 0 Å². The third-order valence-corrected chi connectivity index (χ3v) is 2.21. The van der Waals surface area contributed by atoms with E-state index in [1.165, 1.54) is 6.07 Å². The second-order valence-electron chi connectivity index (χ2n) is 3.40. The smallest absolute Gasteiger partial charge is 0.151 e. The Morgan fingerprint density at radius 2 is 2.31 bits per heavy atom. The molecule has 16 heavy (non-hydrogen) atoms. The molecule has 0 aliphatic rings. The monoisotopic (exact) mass is 211 g/mol. The van der Waals surface area contributed by atoms with Crippen LogP contribution in [0.5, 0.6) is 0 Å². The minimum absolute atomic E-state index is 0.403. The van der Waals surface area contributed by atoms with Gasteiger partial charge in [-0.05, 0) is 25.1 Å². The summed E-state index contributed by atoms with van der Waals surface area (Å²) in [6.45, 7) is 1.87. The Morgan fingerprint density at radius 1 is 1.50 bits per heavy atom. The first-order valence-corrected chi connectivity index (χ1v) is 4.76. The standard InChI is InChI=1S/C12H9N3O/c1-9-3-2-4-12(14-9)15-7-10(8-16)5-11(15)6-13/h2-5,7-8H,1H3. The number of pyridine rings is 1. The second kappa shape index (κ2) is 3.99. The molecule has 0 bridgehead atoms. The number of rotatable bonds is 2. The summed E-state index contributed by atoms with van der Waals surface area (Å²) in [6.07, 6.45) is 2.32. The molecule has 0 amide bonds. The molecule has 0 fully saturated rings. The van der Waals surface area contributed by atoms with Gasteiger partial charge in [-0.25, -0.2) is 4.98 Å². The number of aromatic nitrogens is 2. The van der Waals surface area contributed by atoms with Crippen LogP contribution in [-0.2, 0) is 0 Å². The quantitative estimate of drug-likeness (QED) is 0.712. The number of hydrogen-bond acceptors (Lipinski definition) is 3. The predicted octanol–water partition coefficient (Wildman–Crippen LogP) is 1.86. The highest BCUT2D eigenvalue weighted by molar-refractivity contribution is 5.75. The zero-order valence-electron chi connectivity index (χ0n) is 8.71. The largest absolute Gasteiger partial charge is 0.298 e. The Kier molecular flexibility index (Phi) is 2.52. The maximum Gasteiger partial charge on any atom is 0.151 e. The van der Waals surface area contributed by atoms with E-state index in [0.29, 0.717) is 23.4 Å². The number of carbonyl (C=O) groups excluding carboxylic acids is 1. The molecule has 0 spiro atoms. The summed E-state index contributed by atoms with van der Waals surface area (Å²) in [5.74, 6) is 0.643. The van der Waals surface area contributed by atoms with E-state index in [1.807, 2.05) is 25.1 Å². The van der Waals surface area contributed by atoms with Gasteiger partial charge in [0.2, 0.25) is 0 Å². The number of nitrogens with zero attached hydrogens (tertiary/aromatic N) is 3. The van der Waals surface area contributed by atoms with Crippen LogP contribution in [0.4, 0.5) is 0 Å². The molecule has 0 unspecified atom stereocenters. The van der Waals surface area contributed by atoms with Gasteiger partial charge in [-0.2, -0.15) is 5.26 Å². The van der Waals surface area contributed by atoms with Gasteiger partial charge in [0.15, 0.2) is 6.29 Å². The van der Waals surface area contributed by atoms with Crippen LogP contribution in [0.3, 0.4) is 0 Å². The van der Waals surface area contributed by atoms with Gasteiger partial charge in [-0.3, -0.25) is 9.36 Å². The first kappa shape index (κ1) is 10.1. The van der Waals surface area contributed by atoms with Crippen molar-refractivity contribution in [2.24, 2.45) is 0 Å². The normalized spacial score (nSPS) is 9.75. The fraction of sp³-hybridized carbons (Fsp3) is 0.0833. The van der Waals surface area contributed by atoms with E-state index in [0.717, 1.165) is 5.69 Å². The van der Waals surface area contributed by atoms with Crippen molar-refractivity contribution in [2.45, 2.75) is 6.92 Å². The number of carbonyl (C=O) groups is 1. The Balaban J connectivity index is 2.59. The summed E-state index contributed by atoms with van der Waals surface area (Å²) in [7, 11) is 0.